The van der Waals surface area contributed by atoms with Gasteiger partial charge >= 0.3 is 0 Å². The third-order valence-electron chi connectivity index (χ3n) is 2.23. The monoisotopic (exact) mass is 229 g/mol. The molecule has 0 aromatic heterocycles. The van der Waals surface area contributed by atoms with E-state index in [-0.39, 0.29) is 24.1 Å². The number of carbonyl (C=O) groups excluding carboxylic acids is 1. The topological polar surface area (TPSA) is 38.3 Å². The van der Waals surface area contributed by atoms with Crippen LogP contribution in [-0.4, -0.2) is 19.1 Å². The smallest absolute Gasteiger partial charge is 0.246 e. The average molecular weight is 230 g/mol. The fourth-order valence-electron chi connectivity index (χ4n) is 1.46. The van der Waals surface area contributed by atoms with Crippen molar-refractivity contribution in [3.63, 3.8) is 0 Å². The summed E-state index contributed by atoms with van der Waals surface area (Å²) in [6, 6.07) is 4.73. The van der Waals surface area contributed by atoms with Crippen LogP contribution in [0.25, 0.3) is 0 Å². The lowest BCUT2D eigenvalue weighted by Gasteiger charge is -2.23. The molecule has 0 unspecified atom stereocenters. The van der Waals surface area contributed by atoms with Crippen LogP contribution in [0.5, 0.6) is 0 Å². The molecule has 1 amide bonds. The molecule has 0 spiro atoms. The first-order valence-corrected chi connectivity index (χ1v) is 4.88. The van der Waals surface area contributed by atoms with Crippen molar-refractivity contribution in [1.29, 1.82) is 0 Å². The highest BCUT2D eigenvalue weighted by Crippen LogP contribution is 2.26. The van der Waals surface area contributed by atoms with Gasteiger partial charge < -0.3 is 10.1 Å². The number of halogens is 2. The molecule has 15 heavy (non-hydrogen) atoms. The van der Waals surface area contributed by atoms with Crippen LogP contribution in [0.4, 0.5) is 4.39 Å². The van der Waals surface area contributed by atoms with Crippen molar-refractivity contribution in [2.75, 3.05) is 13.2 Å². The van der Waals surface area contributed by atoms with E-state index in [0.717, 1.165) is 0 Å². The first-order chi connectivity index (χ1) is 7.18. The molecule has 0 saturated carbocycles. The van der Waals surface area contributed by atoms with Crippen LogP contribution in [0.2, 0.25) is 5.02 Å². The number of ether oxygens (including phenoxy) is 1. The largest absolute Gasteiger partial charge is 0.362 e. The third-order valence-corrected chi connectivity index (χ3v) is 2.52. The Balaban J connectivity index is 2.22. The average Bonchev–Trinajstić information content (AvgIpc) is 2.24. The number of amides is 1. The molecule has 2 rings (SSSR count). The van der Waals surface area contributed by atoms with E-state index < -0.39 is 11.9 Å². The number of rotatable bonds is 1. The fourth-order valence-corrected chi connectivity index (χ4v) is 1.64. The van der Waals surface area contributed by atoms with Crippen LogP contribution in [0.1, 0.15) is 11.7 Å². The van der Waals surface area contributed by atoms with E-state index in [9.17, 15) is 9.18 Å². The molecule has 1 aliphatic heterocycles. The number of carbonyl (C=O) groups is 1. The lowest BCUT2D eigenvalue weighted by molar-refractivity contribution is -0.133. The van der Waals surface area contributed by atoms with Gasteiger partial charge in [0.15, 0.2) is 0 Å². The van der Waals surface area contributed by atoms with E-state index in [1.807, 2.05) is 0 Å². The number of nitrogens with one attached hydrogen (secondary N) is 1. The maximum absolute atomic E-state index is 13.6. The summed E-state index contributed by atoms with van der Waals surface area (Å²) in [5.41, 5.74) is 0.377. The van der Waals surface area contributed by atoms with Crippen molar-refractivity contribution >= 4 is 17.5 Å². The summed E-state index contributed by atoms with van der Waals surface area (Å²) in [7, 11) is 0. The summed E-state index contributed by atoms with van der Waals surface area (Å²) in [6.45, 7) is 0.229. The minimum absolute atomic E-state index is 0.0450. The third kappa shape index (κ3) is 2.11. The molecule has 1 atom stereocenters. The molecular formula is C10H9ClFNO2. The van der Waals surface area contributed by atoms with Gasteiger partial charge in [-0.2, -0.15) is 0 Å². The first kappa shape index (κ1) is 10.4. The van der Waals surface area contributed by atoms with Gasteiger partial charge in [-0.25, -0.2) is 4.39 Å². The number of hydrogen-bond acceptors (Lipinski definition) is 2. The van der Waals surface area contributed by atoms with E-state index in [4.69, 9.17) is 16.3 Å². The van der Waals surface area contributed by atoms with E-state index in [0.29, 0.717) is 5.56 Å². The quantitative estimate of drug-likeness (QED) is 0.796. The maximum Gasteiger partial charge on any atom is 0.246 e. The van der Waals surface area contributed by atoms with Gasteiger partial charge in [0.25, 0.3) is 0 Å². The molecule has 3 nitrogen and oxygen atoms in total. The molecule has 1 aromatic rings. The Hall–Kier alpha value is -1.13. The van der Waals surface area contributed by atoms with E-state index in [1.54, 1.807) is 12.1 Å². The van der Waals surface area contributed by atoms with Crippen LogP contribution in [-0.2, 0) is 9.53 Å². The minimum atomic E-state index is -0.486. The van der Waals surface area contributed by atoms with Crippen LogP contribution < -0.4 is 5.32 Å². The maximum atomic E-state index is 13.6. The SMILES string of the molecule is O=C1CO[C@H](c2cccc(Cl)c2F)CN1. The first-order valence-electron chi connectivity index (χ1n) is 4.50. The van der Waals surface area contributed by atoms with Crippen molar-refractivity contribution in [3.8, 4) is 0 Å². The van der Waals surface area contributed by atoms with Gasteiger partial charge in [-0.15, -0.1) is 0 Å². The molecule has 1 fully saturated rings. The summed E-state index contributed by atoms with van der Waals surface area (Å²) >= 11 is 5.64. The molecule has 1 aliphatic rings. The summed E-state index contributed by atoms with van der Waals surface area (Å²) < 4.78 is 18.8. The second-order valence-corrected chi connectivity index (χ2v) is 3.65. The summed E-state index contributed by atoms with van der Waals surface area (Å²) in [5, 5.41) is 2.67. The highest BCUT2D eigenvalue weighted by atomic mass is 35.5. The second-order valence-electron chi connectivity index (χ2n) is 3.25. The summed E-state index contributed by atoms with van der Waals surface area (Å²) in [5.74, 6) is -0.672. The second kappa shape index (κ2) is 4.16. The van der Waals surface area contributed by atoms with Gasteiger partial charge in [0, 0.05) is 12.1 Å². The minimum Gasteiger partial charge on any atom is -0.362 e. The fraction of sp³-hybridized carbons (Fsp3) is 0.300. The zero-order valence-corrected chi connectivity index (χ0v) is 8.55. The van der Waals surface area contributed by atoms with Crippen molar-refractivity contribution in [2.24, 2.45) is 0 Å². The van der Waals surface area contributed by atoms with Gasteiger partial charge in [0.05, 0.1) is 5.02 Å². The highest BCUT2D eigenvalue weighted by Gasteiger charge is 2.23. The van der Waals surface area contributed by atoms with E-state index >= 15 is 0 Å². The van der Waals surface area contributed by atoms with Crippen LogP contribution in [0.3, 0.4) is 0 Å². The van der Waals surface area contributed by atoms with Crippen LogP contribution in [0.15, 0.2) is 18.2 Å². The zero-order chi connectivity index (χ0) is 10.8. The van der Waals surface area contributed by atoms with Crippen molar-refractivity contribution in [2.45, 2.75) is 6.10 Å². The molecule has 0 bridgehead atoms. The Morgan fingerprint density at radius 1 is 1.53 bits per heavy atom. The van der Waals surface area contributed by atoms with Gasteiger partial charge in [0.1, 0.15) is 18.5 Å². The Kier molecular flexibility index (Phi) is 2.88. The summed E-state index contributed by atoms with van der Waals surface area (Å²) in [4.78, 5) is 10.8. The summed E-state index contributed by atoms with van der Waals surface area (Å²) in [6.07, 6.45) is -0.457. The number of hydrogen-bond donors (Lipinski definition) is 1. The van der Waals surface area contributed by atoms with E-state index in [2.05, 4.69) is 5.32 Å². The molecular weight excluding hydrogens is 221 g/mol. The van der Waals surface area contributed by atoms with Gasteiger partial charge in [-0.05, 0) is 6.07 Å². The standard InChI is InChI=1S/C10H9ClFNO2/c11-7-3-1-2-6(10(7)12)8-4-13-9(14)5-15-8/h1-3,8H,4-5H2,(H,13,14)/t8-/m0/s1. The van der Waals surface area contributed by atoms with Gasteiger partial charge in [0.2, 0.25) is 5.91 Å². The van der Waals surface area contributed by atoms with Gasteiger partial charge in [-0.3, -0.25) is 4.79 Å². The molecule has 1 heterocycles. The predicted molar refractivity (Wildman–Crippen MR) is 53.1 cm³/mol. The van der Waals surface area contributed by atoms with Crippen LogP contribution in [0, 0.1) is 5.82 Å². The van der Waals surface area contributed by atoms with Crippen molar-refractivity contribution in [3.05, 3.63) is 34.6 Å². The molecule has 1 aromatic carbocycles. The molecule has 5 heteroatoms. The Bertz CT molecular complexity index is 387. The molecule has 80 valence electrons. The molecule has 0 radical (unpaired) electrons. The Morgan fingerprint density at radius 3 is 3.00 bits per heavy atom. The normalized spacial score (nSPS) is 21.2. The molecule has 1 N–H and O–H groups in total. The predicted octanol–water partition coefficient (Wildman–Crippen LogP) is 1.67. The zero-order valence-electron chi connectivity index (χ0n) is 7.80. The van der Waals surface area contributed by atoms with E-state index in [1.165, 1.54) is 6.07 Å². The highest BCUT2D eigenvalue weighted by molar-refractivity contribution is 6.30. The Labute approximate surface area is 91.2 Å². The molecule has 0 aliphatic carbocycles. The van der Waals surface area contributed by atoms with Crippen LogP contribution >= 0.6 is 11.6 Å². The molecule has 1 saturated heterocycles. The number of morpholine rings is 1. The Morgan fingerprint density at radius 2 is 2.33 bits per heavy atom. The van der Waals surface area contributed by atoms with Gasteiger partial charge in [-0.1, -0.05) is 23.7 Å². The van der Waals surface area contributed by atoms with Crippen molar-refractivity contribution < 1.29 is 13.9 Å². The lowest BCUT2D eigenvalue weighted by atomic mass is 10.1. The lowest BCUT2D eigenvalue weighted by Crippen LogP contribution is -2.38. The van der Waals surface area contributed by atoms with Crippen molar-refractivity contribution in [1.82, 2.24) is 5.32 Å². The number of benzene rings is 1.